The summed E-state index contributed by atoms with van der Waals surface area (Å²) in [4.78, 5) is 39.6. The van der Waals surface area contributed by atoms with Crippen LogP contribution in [0.4, 0.5) is 5.69 Å². The van der Waals surface area contributed by atoms with Crippen LogP contribution in [0.25, 0.3) is 6.08 Å². The first-order valence-corrected chi connectivity index (χ1v) is 13.7. The molecule has 0 aliphatic heterocycles. The monoisotopic (exact) mass is 600 g/mol. The Bertz CT molecular complexity index is 1500. The fourth-order valence-corrected chi connectivity index (χ4v) is 4.84. The Hall–Kier alpha value is -4.14. The van der Waals surface area contributed by atoms with E-state index < -0.39 is 11.8 Å². The molecular formula is C31H25BrN2O4S. The van der Waals surface area contributed by atoms with Crippen molar-refractivity contribution < 1.29 is 19.1 Å². The zero-order chi connectivity index (χ0) is 27.6. The molecule has 0 aliphatic rings. The molecule has 0 heterocycles. The van der Waals surface area contributed by atoms with Gasteiger partial charge in [0, 0.05) is 26.2 Å². The Kier molecular flexibility index (Phi) is 9.72. The van der Waals surface area contributed by atoms with Crippen LogP contribution in [0.3, 0.4) is 0 Å². The van der Waals surface area contributed by atoms with E-state index >= 15 is 0 Å². The van der Waals surface area contributed by atoms with Crippen molar-refractivity contribution in [3.63, 3.8) is 0 Å². The molecule has 0 saturated heterocycles. The number of halogens is 1. The molecule has 0 radical (unpaired) electrons. The second-order valence-corrected chi connectivity index (χ2v) is 10.3. The number of anilines is 1. The maximum atomic E-state index is 13.3. The molecule has 0 aliphatic carbocycles. The van der Waals surface area contributed by atoms with Crippen molar-refractivity contribution >= 4 is 57.1 Å². The molecule has 8 heteroatoms. The number of methoxy groups -OCH3 is 1. The van der Waals surface area contributed by atoms with Gasteiger partial charge in [0.25, 0.3) is 11.8 Å². The van der Waals surface area contributed by atoms with Gasteiger partial charge in [-0.1, -0.05) is 52.3 Å². The number of thioether (sulfide) groups is 1. The van der Waals surface area contributed by atoms with Gasteiger partial charge in [0.2, 0.25) is 0 Å². The van der Waals surface area contributed by atoms with Crippen molar-refractivity contribution in [2.24, 2.45) is 0 Å². The summed E-state index contributed by atoms with van der Waals surface area (Å²) in [5, 5.41) is 5.60. The Balaban J connectivity index is 1.47. The molecule has 2 amide bonds. The van der Waals surface area contributed by atoms with Crippen LogP contribution in [0, 0.1) is 0 Å². The van der Waals surface area contributed by atoms with Crippen molar-refractivity contribution in [1.29, 1.82) is 0 Å². The van der Waals surface area contributed by atoms with Gasteiger partial charge < -0.3 is 15.4 Å². The summed E-state index contributed by atoms with van der Waals surface area (Å²) in [6.45, 7) is 0. The molecule has 4 rings (SSSR count). The average molecular weight is 602 g/mol. The minimum atomic E-state index is -0.476. The Morgan fingerprint density at radius 2 is 1.59 bits per heavy atom. The fraction of sp³-hybridized carbons (Fsp3) is 0.0645. The first kappa shape index (κ1) is 27.9. The smallest absolute Gasteiger partial charge is 0.272 e. The van der Waals surface area contributed by atoms with Crippen LogP contribution >= 0.6 is 27.7 Å². The highest BCUT2D eigenvalue weighted by Gasteiger charge is 2.16. The molecule has 0 unspecified atom stereocenters. The molecule has 4 aromatic rings. The fourth-order valence-electron chi connectivity index (χ4n) is 3.58. The zero-order valence-corrected chi connectivity index (χ0v) is 23.4. The minimum absolute atomic E-state index is 0.0139. The number of rotatable bonds is 10. The Labute approximate surface area is 239 Å². The second-order valence-electron chi connectivity index (χ2n) is 8.36. The highest BCUT2D eigenvalue weighted by molar-refractivity contribution is 9.10. The third-order valence-corrected chi connectivity index (χ3v) is 7.05. The summed E-state index contributed by atoms with van der Waals surface area (Å²) in [7, 11) is 1.58. The van der Waals surface area contributed by atoms with Crippen LogP contribution in [0.2, 0.25) is 0 Å². The van der Waals surface area contributed by atoms with Gasteiger partial charge in [-0.2, -0.15) is 0 Å². The Morgan fingerprint density at radius 1 is 0.846 bits per heavy atom. The number of ether oxygens (including phenoxy) is 1. The molecule has 0 spiro atoms. The molecule has 0 aromatic heterocycles. The van der Waals surface area contributed by atoms with E-state index in [0.29, 0.717) is 22.6 Å². The van der Waals surface area contributed by atoms with Crippen LogP contribution < -0.4 is 15.4 Å². The lowest BCUT2D eigenvalue weighted by molar-refractivity contribution is -0.113. The van der Waals surface area contributed by atoms with Crippen LogP contribution in [0.15, 0.2) is 118 Å². The van der Waals surface area contributed by atoms with E-state index in [1.54, 1.807) is 79.9 Å². The summed E-state index contributed by atoms with van der Waals surface area (Å²) in [6, 6.07) is 30.3. The standard InChI is InChI=1S/C31H25BrN2O4S/c1-38-26-15-13-22(14-16-26)29(35)20-39-27-12-6-11-25(19-27)33-31(37)28(18-21-7-5-10-24(32)17-21)34-30(36)23-8-3-2-4-9-23/h2-19H,20H2,1H3,(H,33,37)(H,34,36)/b28-18-. The first-order chi connectivity index (χ1) is 18.9. The van der Waals surface area contributed by atoms with Crippen molar-refractivity contribution in [2.75, 3.05) is 18.2 Å². The molecule has 39 heavy (non-hydrogen) atoms. The van der Waals surface area contributed by atoms with E-state index in [0.717, 1.165) is 14.9 Å². The van der Waals surface area contributed by atoms with E-state index in [4.69, 9.17) is 4.74 Å². The molecule has 0 bridgehead atoms. The highest BCUT2D eigenvalue weighted by atomic mass is 79.9. The predicted octanol–water partition coefficient (Wildman–Crippen LogP) is 6.84. The van der Waals surface area contributed by atoms with Crippen LogP contribution in [0.1, 0.15) is 26.3 Å². The van der Waals surface area contributed by atoms with Crippen LogP contribution in [0.5, 0.6) is 5.75 Å². The predicted molar refractivity (Wildman–Crippen MR) is 159 cm³/mol. The van der Waals surface area contributed by atoms with Gasteiger partial charge in [0.1, 0.15) is 11.4 Å². The van der Waals surface area contributed by atoms with Gasteiger partial charge in [-0.15, -0.1) is 11.8 Å². The maximum Gasteiger partial charge on any atom is 0.272 e. The number of carbonyl (C=O) groups excluding carboxylic acids is 3. The number of nitrogens with one attached hydrogen (secondary N) is 2. The van der Waals surface area contributed by atoms with E-state index in [9.17, 15) is 14.4 Å². The third kappa shape index (κ3) is 8.17. The zero-order valence-electron chi connectivity index (χ0n) is 21.0. The number of hydrogen-bond donors (Lipinski definition) is 2. The summed E-state index contributed by atoms with van der Waals surface area (Å²) in [5.74, 6) is 0.0465. The summed E-state index contributed by atoms with van der Waals surface area (Å²) in [5.41, 5.74) is 2.41. The molecule has 0 fully saturated rings. The van der Waals surface area contributed by atoms with E-state index in [-0.39, 0.29) is 17.2 Å². The van der Waals surface area contributed by atoms with Gasteiger partial charge in [-0.05, 0) is 78.4 Å². The Morgan fingerprint density at radius 3 is 2.31 bits per heavy atom. The number of Topliss-reactive ketones (excluding diaryl/α,β-unsaturated/α-hetero) is 1. The largest absolute Gasteiger partial charge is 0.497 e. The maximum absolute atomic E-state index is 13.3. The van der Waals surface area contributed by atoms with Gasteiger partial charge in [-0.3, -0.25) is 14.4 Å². The lowest BCUT2D eigenvalue weighted by Crippen LogP contribution is -2.30. The van der Waals surface area contributed by atoms with E-state index in [2.05, 4.69) is 26.6 Å². The highest BCUT2D eigenvalue weighted by Crippen LogP contribution is 2.24. The summed E-state index contributed by atoms with van der Waals surface area (Å²) in [6.07, 6.45) is 1.62. The molecule has 6 nitrogen and oxygen atoms in total. The summed E-state index contributed by atoms with van der Waals surface area (Å²) < 4.78 is 5.99. The van der Waals surface area contributed by atoms with E-state index in [1.165, 1.54) is 11.8 Å². The molecule has 196 valence electrons. The average Bonchev–Trinajstić information content (AvgIpc) is 2.96. The lowest BCUT2D eigenvalue weighted by atomic mass is 10.1. The van der Waals surface area contributed by atoms with Crippen LogP contribution in [-0.2, 0) is 4.79 Å². The van der Waals surface area contributed by atoms with Gasteiger partial charge in [-0.25, -0.2) is 0 Å². The number of amides is 2. The van der Waals surface area contributed by atoms with E-state index in [1.807, 2.05) is 36.4 Å². The van der Waals surface area contributed by atoms with Crippen molar-refractivity contribution in [3.05, 3.63) is 130 Å². The number of benzene rings is 4. The number of hydrogen-bond acceptors (Lipinski definition) is 5. The third-order valence-electron chi connectivity index (χ3n) is 5.56. The summed E-state index contributed by atoms with van der Waals surface area (Å²) >= 11 is 4.81. The second kappa shape index (κ2) is 13.6. The molecule has 4 aromatic carbocycles. The SMILES string of the molecule is COc1ccc(C(=O)CSc2cccc(NC(=O)/C(=C/c3cccc(Br)c3)NC(=O)c3ccccc3)c2)cc1. The number of ketones is 1. The quantitative estimate of drug-likeness (QED) is 0.118. The number of carbonyl (C=O) groups is 3. The van der Waals surface area contributed by atoms with Crippen LogP contribution in [-0.4, -0.2) is 30.5 Å². The van der Waals surface area contributed by atoms with Crippen molar-refractivity contribution in [3.8, 4) is 5.75 Å². The normalized spacial score (nSPS) is 11.0. The first-order valence-electron chi connectivity index (χ1n) is 12.0. The lowest BCUT2D eigenvalue weighted by Gasteiger charge is -2.12. The van der Waals surface area contributed by atoms with Gasteiger partial charge in [0.05, 0.1) is 12.9 Å². The van der Waals surface area contributed by atoms with Crippen molar-refractivity contribution in [2.45, 2.75) is 4.90 Å². The topological polar surface area (TPSA) is 84.5 Å². The van der Waals surface area contributed by atoms with Crippen molar-refractivity contribution in [1.82, 2.24) is 5.32 Å². The van der Waals surface area contributed by atoms with Gasteiger partial charge in [0.15, 0.2) is 5.78 Å². The molecule has 0 saturated carbocycles. The molecule has 2 N–H and O–H groups in total. The molecular weight excluding hydrogens is 576 g/mol. The minimum Gasteiger partial charge on any atom is -0.497 e. The molecule has 0 atom stereocenters. The van der Waals surface area contributed by atoms with Gasteiger partial charge >= 0.3 is 0 Å².